The lowest BCUT2D eigenvalue weighted by Gasteiger charge is -2.31. The van der Waals surface area contributed by atoms with E-state index in [9.17, 15) is 28.7 Å². The Kier molecular flexibility index (Phi) is 6.07. The molecule has 0 aromatic heterocycles. The molecule has 2 aromatic carbocycles. The van der Waals surface area contributed by atoms with Crippen molar-refractivity contribution in [3.05, 3.63) is 71.3 Å². The predicted octanol–water partition coefficient (Wildman–Crippen LogP) is 3.25. The summed E-state index contributed by atoms with van der Waals surface area (Å²) in [5, 5.41) is 20.9. The van der Waals surface area contributed by atoms with Gasteiger partial charge in [0.05, 0.1) is 6.07 Å². The van der Waals surface area contributed by atoms with Crippen LogP contribution < -0.4 is 5.32 Å². The molecule has 0 bridgehead atoms. The molecule has 150 valence electrons. The Morgan fingerprint density at radius 3 is 2.03 bits per heavy atom. The van der Waals surface area contributed by atoms with Gasteiger partial charge >= 0.3 is 6.09 Å². The third kappa shape index (κ3) is 4.51. The predicted molar refractivity (Wildman–Crippen MR) is 99.9 cm³/mol. The van der Waals surface area contributed by atoms with Crippen molar-refractivity contribution in [2.45, 2.75) is 30.8 Å². The summed E-state index contributed by atoms with van der Waals surface area (Å²) in [5.41, 5.74) is 0.968. The molecule has 3 rings (SSSR count). The number of halogens is 2. The Labute approximate surface area is 166 Å². The summed E-state index contributed by atoms with van der Waals surface area (Å²) in [7, 11) is 0. The van der Waals surface area contributed by atoms with E-state index in [1.54, 1.807) is 0 Å². The summed E-state index contributed by atoms with van der Waals surface area (Å²) in [6.45, 7) is 0.342. The van der Waals surface area contributed by atoms with Crippen LogP contribution in [0, 0.1) is 23.0 Å². The average molecular weight is 399 g/mol. The number of carbonyl (C=O) groups is 2. The van der Waals surface area contributed by atoms with Crippen molar-refractivity contribution in [1.29, 1.82) is 5.26 Å². The number of rotatable bonds is 5. The topological polar surface area (TPSA) is 93.4 Å². The number of hydrogen-bond acceptors (Lipinski definition) is 3. The SMILES string of the molecule is N#C[C@@H]1CCCN1C(=O)[C@@H](NC(=O)O)C(c1ccc(F)cc1)c1ccc(F)cc1. The third-order valence-corrected chi connectivity index (χ3v) is 5.02. The van der Waals surface area contributed by atoms with Crippen LogP contribution in [-0.2, 0) is 4.79 Å². The summed E-state index contributed by atoms with van der Waals surface area (Å²) in [6.07, 6.45) is -0.258. The zero-order valence-electron chi connectivity index (χ0n) is 15.4. The molecule has 6 nitrogen and oxygen atoms in total. The lowest BCUT2D eigenvalue weighted by molar-refractivity contribution is -0.133. The van der Waals surface area contributed by atoms with E-state index in [-0.39, 0.29) is 0 Å². The number of amides is 2. The second-order valence-corrected chi connectivity index (χ2v) is 6.83. The Balaban J connectivity index is 2.08. The molecule has 29 heavy (non-hydrogen) atoms. The fourth-order valence-corrected chi connectivity index (χ4v) is 3.68. The second kappa shape index (κ2) is 8.69. The van der Waals surface area contributed by atoms with Crippen LogP contribution in [0.2, 0.25) is 0 Å². The van der Waals surface area contributed by atoms with Crippen LogP contribution in [0.15, 0.2) is 48.5 Å². The fraction of sp³-hybridized carbons (Fsp3) is 0.286. The van der Waals surface area contributed by atoms with Gasteiger partial charge in [-0.1, -0.05) is 24.3 Å². The number of nitrogens with one attached hydrogen (secondary N) is 1. The Morgan fingerprint density at radius 2 is 1.59 bits per heavy atom. The van der Waals surface area contributed by atoms with E-state index < -0.39 is 41.6 Å². The molecular weight excluding hydrogens is 380 g/mol. The van der Waals surface area contributed by atoms with Crippen LogP contribution in [0.1, 0.15) is 29.9 Å². The van der Waals surface area contributed by atoms with Gasteiger partial charge in [-0.05, 0) is 48.2 Å². The average Bonchev–Trinajstić information content (AvgIpc) is 3.18. The molecule has 0 spiro atoms. The van der Waals surface area contributed by atoms with Crippen LogP contribution in [0.5, 0.6) is 0 Å². The van der Waals surface area contributed by atoms with E-state index in [4.69, 9.17) is 0 Å². The molecular formula is C21H19F2N3O3. The first kappa shape index (κ1) is 20.3. The van der Waals surface area contributed by atoms with Crippen LogP contribution in [0.3, 0.4) is 0 Å². The number of likely N-dealkylation sites (tertiary alicyclic amines) is 1. The zero-order valence-corrected chi connectivity index (χ0v) is 15.4. The maximum atomic E-state index is 13.4. The minimum absolute atomic E-state index is 0.342. The van der Waals surface area contributed by atoms with Gasteiger partial charge in [-0.15, -0.1) is 0 Å². The lowest BCUT2D eigenvalue weighted by atomic mass is 9.84. The number of nitriles is 1. The first-order valence-corrected chi connectivity index (χ1v) is 9.11. The molecule has 0 saturated carbocycles. The van der Waals surface area contributed by atoms with Gasteiger partial charge < -0.3 is 15.3 Å². The van der Waals surface area contributed by atoms with E-state index in [2.05, 4.69) is 11.4 Å². The number of carbonyl (C=O) groups excluding carboxylic acids is 1. The number of hydrogen-bond donors (Lipinski definition) is 2. The highest BCUT2D eigenvalue weighted by Crippen LogP contribution is 2.31. The molecule has 1 aliphatic rings. The van der Waals surface area contributed by atoms with Crippen molar-refractivity contribution < 1.29 is 23.5 Å². The van der Waals surface area contributed by atoms with E-state index >= 15 is 0 Å². The van der Waals surface area contributed by atoms with Crippen molar-refractivity contribution >= 4 is 12.0 Å². The fourth-order valence-electron chi connectivity index (χ4n) is 3.68. The van der Waals surface area contributed by atoms with Gasteiger partial charge in [-0.25, -0.2) is 13.6 Å². The minimum Gasteiger partial charge on any atom is -0.465 e. The van der Waals surface area contributed by atoms with Crippen molar-refractivity contribution in [3.8, 4) is 6.07 Å². The van der Waals surface area contributed by atoms with Crippen molar-refractivity contribution in [2.75, 3.05) is 6.54 Å². The van der Waals surface area contributed by atoms with Gasteiger partial charge in [-0.2, -0.15) is 5.26 Å². The maximum Gasteiger partial charge on any atom is 0.405 e. The van der Waals surface area contributed by atoms with Crippen molar-refractivity contribution in [1.82, 2.24) is 10.2 Å². The van der Waals surface area contributed by atoms with Gasteiger partial charge in [0.1, 0.15) is 23.7 Å². The largest absolute Gasteiger partial charge is 0.465 e. The first-order valence-electron chi connectivity index (χ1n) is 9.11. The molecule has 0 radical (unpaired) electrons. The maximum absolute atomic E-state index is 13.4. The standard InChI is InChI=1S/C21H19F2N3O3/c22-15-7-3-13(4-8-15)18(14-5-9-16(23)10-6-14)19(25-21(28)29)20(27)26-11-1-2-17(26)12-24/h3-10,17-19,25H,1-2,11H2,(H,28,29)/t17-,19-/m0/s1. The molecule has 2 amide bonds. The molecule has 8 heteroatoms. The van der Waals surface area contributed by atoms with Crippen LogP contribution in [0.4, 0.5) is 13.6 Å². The Morgan fingerprint density at radius 1 is 1.07 bits per heavy atom. The molecule has 2 aromatic rings. The van der Waals surface area contributed by atoms with Gasteiger partial charge in [-0.3, -0.25) is 4.79 Å². The summed E-state index contributed by atoms with van der Waals surface area (Å²) < 4.78 is 26.9. The van der Waals surface area contributed by atoms with Crippen LogP contribution >= 0.6 is 0 Å². The van der Waals surface area contributed by atoms with Gasteiger partial charge in [0, 0.05) is 12.5 Å². The third-order valence-electron chi connectivity index (χ3n) is 5.02. The smallest absolute Gasteiger partial charge is 0.405 e. The molecule has 1 aliphatic heterocycles. The Hall–Kier alpha value is -3.47. The van der Waals surface area contributed by atoms with E-state index in [1.165, 1.54) is 53.4 Å². The molecule has 0 aliphatic carbocycles. The number of benzene rings is 2. The van der Waals surface area contributed by atoms with Crippen LogP contribution in [0.25, 0.3) is 0 Å². The molecule has 1 fully saturated rings. The van der Waals surface area contributed by atoms with Crippen molar-refractivity contribution in [3.63, 3.8) is 0 Å². The highest BCUT2D eigenvalue weighted by molar-refractivity contribution is 5.87. The Bertz CT molecular complexity index is 880. The number of nitrogens with zero attached hydrogens (tertiary/aromatic N) is 2. The minimum atomic E-state index is -1.41. The zero-order chi connectivity index (χ0) is 21.0. The molecule has 0 unspecified atom stereocenters. The molecule has 2 N–H and O–H groups in total. The molecule has 1 saturated heterocycles. The summed E-state index contributed by atoms with van der Waals surface area (Å²) in [5.74, 6) is -2.34. The monoisotopic (exact) mass is 399 g/mol. The van der Waals surface area contributed by atoms with Crippen molar-refractivity contribution in [2.24, 2.45) is 0 Å². The molecule has 1 heterocycles. The summed E-state index contributed by atoms with van der Waals surface area (Å²) in [6, 6.07) is 10.8. The van der Waals surface area contributed by atoms with Gasteiger partial charge in [0.15, 0.2) is 0 Å². The van der Waals surface area contributed by atoms with E-state index in [0.29, 0.717) is 30.5 Å². The second-order valence-electron chi connectivity index (χ2n) is 6.83. The van der Waals surface area contributed by atoms with E-state index in [0.717, 1.165) is 0 Å². The lowest BCUT2D eigenvalue weighted by Crippen LogP contribution is -2.52. The number of carboxylic acid groups (broad SMARTS) is 1. The van der Waals surface area contributed by atoms with Gasteiger partial charge in [0.2, 0.25) is 5.91 Å². The van der Waals surface area contributed by atoms with Gasteiger partial charge in [0.25, 0.3) is 0 Å². The quantitative estimate of drug-likeness (QED) is 0.807. The van der Waals surface area contributed by atoms with Crippen LogP contribution in [-0.4, -0.2) is 40.6 Å². The molecule has 2 atom stereocenters. The highest BCUT2D eigenvalue weighted by atomic mass is 19.1. The summed E-state index contributed by atoms with van der Waals surface area (Å²) in [4.78, 5) is 26.1. The summed E-state index contributed by atoms with van der Waals surface area (Å²) >= 11 is 0. The highest BCUT2D eigenvalue weighted by Gasteiger charge is 2.39. The van der Waals surface area contributed by atoms with E-state index in [1.807, 2.05) is 0 Å². The first-order chi connectivity index (χ1) is 13.9. The normalized spacial score (nSPS) is 17.0.